The first kappa shape index (κ1) is 29.6. The molecule has 0 saturated carbocycles. The van der Waals surface area contributed by atoms with E-state index in [1.807, 2.05) is 0 Å². The molecule has 1 aliphatic heterocycles. The summed E-state index contributed by atoms with van der Waals surface area (Å²) in [5.74, 6) is -4.75. The zero-order valence-corrected chi connectivity index (χ0v) is 23.3. The van der Waals surface area contributed by atoms with Crippen molar-refractivity contribution in [1.29, 1.82) is 0 Å². The fourth-order valence-corrected chi connectivity index (χ4v) is 4.52. The highest BCUT2D eigenvalue weighted by molar-refractivity contribution is 6.35. The highest BCUT2D eigenvalue weighted by Gasteiger charge is 2.37. The topological polar surface area (TPSA) is 134 Å². The maximum atomic E-state index is 15.2. The normalized spacial score (nSPS) is 13.2. The van der Waals surface area contributed by atoms with Crippen molar-refractivity contribution in [1.82, 2.24) is 9.97 Å². The molecule has 5 rings (SSSR count). The summed E-state index contributed by atoms with van der Waals surface area (Å²) in [5.41, 5.74) is 0.0419. The van der Waals surface area contributed by atoms with Crippen LogP contribution in [0.15, 0.2) is 73.4 Å². The molecule has 0 fully saturated rings. The number of nitrogens with one attached hydrogen (secondary N) is 4. The number of benzene rings is 2. The molecular formula is C31H24F3N5O5. The van der Waals surface area contributed by atoms with Crippen LogP contribution in [0.25, 0.3) is 11.6 Å². The van der Waals surface area contributed by atoms with Gasteiger partial charge >= 0.3 is 12.0 Å². The first-order chi connectivity index (χ1) is 21.0. The number of anilines is 3. The molecule has 1 aliphatic rings. The van der Waals surface area contributed by atoms with Gasteiger partial charge in [-0.25, -0.2) is 19.0 Å². The molecule has 4 aromatic rings. The number of urea groups is 1. The van der Waals surface area contributed by atoms with Crippen LogP contribution in [0.5, 0.6) is 11.5 Å². The number of aryl methyl sites for hydroxylation is 1. The quantitative estimate of drug-likeness (QED) is 0.0989. The molecule has 0 aliphatic carbocycles. The van der Waals surface area contributed by atoms with E-state index in [4.69, 9.17) is 4.74 Å². The van der Waals surface area contributed by atoms with E-state index in [1.54, 1.807) is 18.2 Å². The van der Waals surface area contributed by atoms with E-state index in [1.165, 1.54) is 56.6 Å². The molecule has 2 aromatic carbocycles. The van der Waals surface area contributed by atoms with Gasteiger partial charge in [0, 0.05) is 34.9 Å². The molecule has 13 heteroatoms. The second-order valence-corrected chi connectivity index (χ2v) is 9.52. The van der Waals surface area contributed by atoms with Gasteiger partial charge in [-0.2, -0.15) is 8.78 Å². The number of aromatic nitrogens is 2. The fraction of sp³-hybridized carbons (Fsp3) is 0.0968. The van der Waals surface area contributed by atoms with E-state index in [0.29, 0.717) is 28.9 Å². The van der Waals surface area contributed by atoms with Gasteiger partial charge in [-0.3, -0.25) is 4.79 Å². The standard InChI is InChI=1S/C31H24F3N5O5/c1-4-31(33,34)26-24(15-22-21-13-17(32)5-10-23(21)38-28(22)40)36-16(2)27(26)39-30(42)37-18-6-8-19(9-7-18)44-20-11-12-35-25(14-20)29(41)43-3/h4-15,36H,1H2,2-3H3,(H,38,40)(H2,37,39,42)/b22-15-. The van der Waals surface area contributed by atoms with E-state index >= 15 is 8.78 Å². The molecule has 4 N–H and O–H groups in total. The Morgan fingerprint density at radius 2 is 1.80 bits per heavy atom. The lowest BCUT2D eigenvalue weighted by Gasteiger charge is -2.16. The lowest BCUT2D eigenvalue weighted by atomic mass is 10.0. The van der Waals surface area contributed by atoms with Crippen LogP contribution in [0.3, 0.4) is 0 Å². The van der Waals surface area contributed by atoms with Crippen LogP contribution in [-0.4, -0.2) is 35.0 Å². The summed E-state index contributed by atoms with van der Waals surface area (Å²) in [6, 6.07) is 11.9. The van der Waals surface area contributed by atoms with Crippen molar-refractivity contribution in [2.45, 2.75) is 12.8 Å². The van der Waals surface area contributed by atoms with Crippen LogP contribution >= 0.6 is 0 Å². The number of hydrogen-bond acceptors (Lipinski definition) is 6. The van der Waals surface area contributed by atoms with Gasteiger partial charge in [0.05, 0.1) is 29.6 Å². The van der Waals surface area contributed by atoms with Gasteiger partial charge in [-0.1, -0.05) is 6.58 Å². The number of aromatic amines is 1. The summed E-state index contributed by atoms with van der Waals surface area (Å²) in [4.78, 5) is 43.9. The third-order valence-corrected chi connectivity index (χ3v) is 6.57. The Bertz CT molecular complexity index is 1830. The van der Waals surface area contributed by atoms with Crippen molar-refractivity contribution >= 4 is 46.6 Å². The second kappa shape index (κ2) is 11.8. The van der Waals surface area contributed by atoms with Gasteiger partial charge in [0.1, 0.15) is 17.3 Å². The largest absolute Gasteiger partial charge is 0.464 e. The number of nitrogens with zero attached hydrogens (tertiary/aromatic N) is 1. The Morgan fingerprint density at radius 3 is 2.50 bits per heavy atom. The molecule has 0 atom stereocenters. The molecule has 0 unspecified atom stereocenters. The number of carbonyl (C=O) groups is 3. The number of rotatable bonds is 8. The van der Waals surface area contributed by atoms with Gasteiger partial charge < -0.3 is 30.4 Å². The van der Waals surface area contributed by atoms with Crippen LogP contribution in [0.2, 0.25) is 0 Å². The van der Waals surface area contributed by atoms with Gasteiger partial charge in [0.15, 0.2) is 5.69 Å². The summed E-state index contributed by atoms with van der Waals surface area (Å²) in [6.45, 7) is 4.69. The summed E-state index contributed by atoms with van der Waals surface area (Å²) in [5, 5.41) is 7.58. The third-order valence-electron chi connectivity index (χ3n) is 6.57. The number of alkyl halides is 2. The van der Waals surface area contributed by atoms with Crippen molar-refractivity contribution in [3.05, 3.63) is 107 Å². The minimum atomic E-state index is -3.63. The van der Waals surface area contributed by atoms with E-state index < -0.39 is 35.2 Å². The van der Waals surface area contributed by atoms with Crippen LogP contribution in [0.4, 0.5) is 35.0 Å². The average molecular weight is 604 g/mol. The molecule has 0 bridgehead atoms. The van der Waals surface area contributed by atoms with Crippen molar-refractivity contribution in [3.63, 3.8) is 0 Å². The predicted molar refractivity (Wildman–Crippen MR) is 157 cm³/mol. The number of H-pyrrole nitrogens is 1. The lowest BCUT2D eigenvalue weighted by Crippen LogP contribution is -2.22. The van der Waals surface area contributed by atoms with Crippen molar-refractivity contribution < 1.29 is 37.0 Å². The number of carbonyl (C=O) groups excluding carboxylic acids is 3. The first-order valence-corrected chi connectivity index (χ1v) is 13.0. The highest BCUT2D eigenvalue weighted by Crippen LogP contribution is 2.42. The molecule has 0 spiro atoms. The summed E-state index contributed by atoms with van der Waals surface area (Å²) in [6.07, 6.45) is 2.98. The minimum Gasteiger partial charge on any atom is -0.464 e. The highest BCUT2D eigenvalue weighted by atomic mass is 19.3. The predicted octanol–water partition coefficient (Wildman–Crippen LogP) is 6.85. The molecule has 0 radical (unpaired) electrons. The number of halogens is 3. The number of hydrogen-bond donors (Lipinski definition) is 4. The molecular weight excluding hydrogens is 579 g/mol. The molecule has 10 nitrogen and oxygen atoms in total. The van der Waals surface area contributed by atoms with Gasteiger partial charge in [-0.05, 0) is 67.6 Å². The van der Waals surface area contributed by atoms with E-state index in [-0.39, 0.29) is 33.9 Å². The van der Waals surface area contributed by atoms with Crippen molar-refractivity contribution in [2.24, 2.45) is 0 Å². The maximum Gasteiger partial charge on any atom is 0.356 e. The molecule has 224 valence electrons. The minimum absolute atomic E-state index is 0.0338. The number of amides is 3. The average Bonchev–Trinajstić information content (AvgIpc) is 3.48. The van der Waals surface area contributed by atoms with Gasteiger partial charge in [-0.15, -0.1) is 0 Å². The Kier molecular flexibility index (Phi) is 7.95. The molecule has 2 aromatic heterocycles. The van der Waals surface area contributed by atoms with Crippen molar-refractivity contribution in [2.75, 3.05) is 23.1 Å². The zero-order chi connectivity index (χ0) is 31.6. The number of pyridine rings is 1. The van der Waals surface area contributed by atoms with Crippen LogP contribution in [0.1, 0.15) is 33.0 Å². The van der Waals surface area contributed by atoms with Crippen LogP contribution < -0.4 is 20.7 Å². The summed E-state index contributed by atoms with van der Waals surface area (Å²) >= 11 is 0. The number of ether oxygens (including phenoxy) is 2. The molecule has 3 heterocycles. The maximum absolute atomic E-state index is 15.2. The SMILES string of the molecule is C=CC(F)(F)c1c(/C=C2\C(=O)Nc3ccc(F)cc32)[nH]c(C)c1NC(=O)Nc1ccc(Oc2ccnc(C(=O)OC)c2)cc1. The third kappa shape index (κ3) is 6.02. The Balaban J connectivity index is 1.36. The second-order valence-electron chi connectivity index (χ2n) is 9.52. The first-order valence-electron chi connectivity index (χ1n) is 13.0. The monoisotopic (exact) mass is 603 g/mol. The molecule has 0 saturated heterocycles. The van der Waals surface area contributed by atoms with E-state index in [2.05, 4.69) is 37.2 Å². The Hall–Kier alpha value is -5.85. The summed E-state index contributed by atoms with van der Waals surface area (Å²) in [7, 11) is 1.23. The lowest BCUT2D eigenvalue weighted by molar-refractivity contribution is -0.110. The van der Waals surface area contributed by atoms with E-state index in [9.17, 15) is 18.8 Å². The van der Waals surface area contributed by atoms with Crippen LogP contribution in [0, 0.1) is 12.7 Å². The number of fused-ring (bicyclic) bond motifs is 1. The van der Waals surface area contributed by atoms with Crippen LogP contribution in [-0.2, 0) is 15.5 Å². The summed E-state index contributed by atoms with van der Waals surface area (Å²) < 4.78 is 54.7. The van der Waals surface area contributed by atoms with Gasteiger partial charge in [0.2, 0.25) is 0 Å². The Labute approximate surface area is 248 Å². The van der Waals surface area contributed by atoms with Gasteiger partial charge in [0.25, 0.3) is 11.8 Å². The zero-order valence-electron chi connectivity index (χ0n) is 23.3. The molecule has 44 heavy (non-hydrogen) atoms. The smallest absolute Gasteiger partial charge is 0.356 e. The fourth-order valence-electron chi connectivity index (χ4n) is 4.52. The Morgan fingerprint density at radius 1 is 1.05 bits per heavy atom. The number of methoxy groups -OCH3 is 1. The van der Waals surface area contributed by atoms with E-state index in [0.717, 1.165) is 6.07 Å². The molecule has 3 amide bonds. The van der Waals surface area contributed by atoms with Crippen molar-refractivity contribution in [3.8, 4) is 11.5 Å². The number of allylic oxidation sites excluding steroid dienone is 1. The number of esters is 1.